The van der Waals surface area contributed by atoms with Crippen LogP contribution in [0.2, 0.25) is 0 Å². The Morgan fingerprint density at radius 1 is 1.20 bits per heavy atom. The van der Waals surface area contributed by atoms with Gasteiger partial charge in [0.25, 0.3) is 0 Å². The van der Waals surface area contributed by atoms with Crippen molar-refractivity contribution in [1.29, 1.82) is 0 Å². The van der Waals surface area contributed by atoms with Crippen molar-refractivity contribution in [2.75, 3.05) is 6.54 Å². The second kappa shape index (κ2) is 7.65. The van der Waals surface area contributed by atoms with Gasteiger partial charge in [0.15, 0.2) is 0 Å². The topological polar surface area (TPSA) is 29.1 Å². The second-order valence-corrected chi connectivity index (χ2v) is 2.16. The Kier molecular flexibility index (Phi) is 10.1. The first kappa shape index (κ1) is 13.2. The fourth-order valence-corrected chi connectivity index (χ4v) is 0.904. The van der Waals surface area contributed by atoms with Crippen LogP contribution < -0.4 is 41.2 Å². The summed E-state index contributed by atoms with van der Waals surface area (Å²) in [6.07, 6.45) is 4.18. The summed E-state index contributed by atoms with van der Waals surface area (Å²) in [6.45, 7) is 0.888. The summed E-state index contributed by atoms with van der Waals surface area (Å²) in [6, 6.07) is 0. The van der Waals surface area contributed by atoms with E-state index in [-0.39, 0.29) is 41.7 Å². The van der Waals surface area contributed by atoms with E-state index >= 15 is 0 Å². The van der Waals surface area contributed by atoms with E-state index in [2.05, 4.69) is 5.32 Å². The van der Waals surface area contributed by atoms with Gasteiger partial charge in [-0.25, -0.2) is 0 Å². The summed E-state index contributed by atoms with van der Waals surface area (Å²) < 4.78 is 0. The summed E-state index contributed by atoms with van der Waals surface area (Å²) >= 11 is 0. The average molecular weight is 200 g/mol. The summed E-state index contributed by atoms with van der Waals surface area (Å²) in [7, 11) is 0. The van der Waals surface area contributed by atoms with Crippen molar-refractivity contribution in [2.45, 2.75) is 25.7 Å². The van der Waals surface area contributed by atoms with E-state index in [4.69, 9.17) is 0 Å². The van der Waals surface area contributed by atoms with Crippen LogP contribution in [0, 0.1) is 0 Å². The monoisotopic (exact) mass is 199 g/mol. The maximum atomic E-state index is 10.6. The molecule has 0 bridgehead atoms. The molecule has 2 nitrogen and oxygen atoms in total. The van der Waals surface area contributed by atoms with Crippen LogP contribution in [-0.4, -0.2) is 12.5 Å². The molecule has 1 rings (SSSR count). The third-order valence-electron chi connectivity index (χ3n) is 1.40. The zero-order valence-electron chi connectivity index (χ0n) is 6.32. The predicted molar refractivity (Wildman–Crippen MR) is 31.5 cm³/mol. The molecule has 0 saturated carbocycles. The third-order valence-corrected chi connectivity index (χ3v) is 1.40. The van der Waals surface area contributed by atoms with Gasteiger partial charge in [-0.1, -0.05) is 6.42 Å². The third kappa shape index (κ3) is 5.34. The standard InChI is InChI=1S/C6H11NO.BrH.Li/c8-6-4-2-1-3-5-7-6;;/h1-5H2,(H,7,8);1H;/q;;+1/p-1. The van der Waals surface area contributed by atoms with Crippen LogP contribution in [0.4, 0.5) is 0 Å². The van der Waals surface area contributed by atoms with Gasteiger partial charge in [-0.05, 0) is 12.8 Å². The molecule has 10 heavy (non-hydrogen) atoms. The molecule has 1 aliphatic heterocycles. The van der Waals surface area contributed by atoms with E-state index < -0.39 is 0 Å². The van der Waals surface area contributed by atoms with Crippen LogP contribution in [0.3, 0.4) is 0 Å². The largest absolute Gasteiger partial charge is 1.00 e. The van der Waals surface area contributed by atoms with Crippen LogP contribution in [-0.2, 0) is 4.79 Å². The molecule has 0 aromatic heterocycles. The van der Waals surface area contributed by atoms with E-state index in [0.29, 0.717) is 0 Å². The van der Waals surface area contributed by atoms with Gasteiger partial charge in [-0.3, -0.25) is 4.79 Å². The Morgan fingerprint density at radius 2 is 1.90 bits per heavy atom. The molecule has 0 spiro atoms. The first-order chi connectivity index (χ1) is 3.89. The van der Waals surface area contributed by atoms with Gasteiger partial charge < -0.3 is 22.3 Å². The van der Waals surface area contributed by atoms with Gasteiger partial charge in [0.2, 0.25) is 5.91 Å². The minimum atomic E-state index is 0. The zero-order valence-corrected chi connectivity index (χ0v) is 7.91. The fraction of sp³-hybridized carbons (Fsp3) is 0.833. The molecular formula is C6H11BrLiNO. The number of hydrogen-bond acceptors (Lipinski definition) is 1. The normalized spacial score (nSPS) is 17.4. The van der Waals surface area contributed by atoms with Crippen molar-refractivity contribution in [3.8, 4) is 0 Å². The molecule has 0 aliphatic carbocycles. The number of carbonyl (C=O) groups is 1. The Morgan fingerprint density at radius 3 is 2.60 bits per heavy atom. The Balaban J connectivity index is 0. The molecule has 1 aliphatic rings. The predicted octanol–water partition coefficient (Wildman–Crippen LogP) is -5.32. The van der Waals surface area contributed by atoms with Crippen molar-refractivity contribution >= 4 is 5.91 Å². The molecular weight excluding hydrogens is 189 g/mol. The molecule has 0 atom stereocenters. The molecule has 54 valence electrons. The molecule has 1 heterocycles. The summed E-state index contributed by atoms with van der Waals surface area (Å²) in [5.41, 5.74) is 0. The van der Waals surface area contributed by atoms with Gasteiger partial charge in [0.1, 0.15) is 0 Å². The van der Waals surface area contributed by atoms with E-state index in [0.717, 1.165) is 25.8 Å². The fourth-order valence-electron chi connectivity index (χ4n) is 0.904. The first-order valence-electron chi connectivity index (χ1n) is 3.16. The van der Waals surface area contributed by atoms with Crippen LogP contribution >= 0.6 is 0 Å². The molecule has 0 unspecified atom stereocenters. The maximum absolute atomic E-state index is 10.6. The number of amides is 1. The van der Waals surface area contributed by atoms with E-state index in [1.165, 1.54) is 6.42 Å². The van der Waals surface area contributed by atoms with Gasteiger partial charge in [0.05, 0.1) is 0 Å². The van der Waals surface area contributed by atoms with Crippen LogP contribution in [0.5, 0.6) is 0 Å². The van der Waals surface area contributed by atoms with Crippen LogP contribution in [0.15, 0.2) is 0 Å². The number of nitrogens with one attached hydrogen (secondary N) is 1. The minimum Gasteiger partial charge on any atom is -1.00 e. The average Bonchev–Trinajstić information content (AvgIpc) is 1.94. The summed E-state index contributed by atoms with van der Waals surface area (Å²) in [4.78, 5) is 10.6. The van der Waals surface area contributed by atoms with Crippen LogP contribution in [0.25, 0.3) is 0 Å². The Hall–Kier alpha value is 0.547. The van der Waals surface area contributed by atoms with E-state index in [1.54, 1.807) is 0 Å². The molecule has 1 saturated heterocycles. The van der Waals surface area contributed by atoms with E-state index in [9.17, 15) is 4.79 Å². The molecule has 0 radical (unpaired) electrons. The first-order valence-corrected chi connectivity index (χ1v) is 3.16. The maximum Gasteiger partial charge on any atom is 1.00 e. The zero-order chi connectivity index (χ0) is 5.82. The van der Waals surface area contributed by atoms with Crippen LogP contribution in [0.1, 0.15) is 25.7 Å². The Bertz CT molecular complexity index is 89.7. The number of carbonyl (C=O) groups excluding carboxylic acids is 1. The molecule has 0 aromatic carbocycles. The van der Waals surface area contributed by atoms with Crippen molar-refractivity contribution in [3.05, 3.63) is 0 Å². The number of hydrogen-bond donors (Lipinski definition) is 1. The van der Waals surface area contributed by atoms with Crippen molar-refractivity contribution in [3.63, 3.8) is 0 Å². The quantitative estimate of drug-likeness (QED) is 0.389. The van der Waals surface area contributed by atoms with Gasteiger partial charge in [-0.2, -0.15) is 0 Å². The van der Waals surface area contributed by atoms with E-state index in [1.807, 2.05) is 0 Å². The molecule has 1 N–H and O–H groups in total. The molecule has 1 fully saturated rings. The smallest absolute Gasteiger partial charge is 1.00 e. The molecule has 4 heteroatoms. The van der Waals surface area contributed by atoms with Gasteiger partial charge in [0, 0.05) is 13.0 Å². The number of halogens is 1. The van der Waals surface area contributed by atoms with Crippen molar-refractivity contribution in [2.24, 2.45) is 0 Å². The van der Waals surface area contributed by atoms with Gasteiger partial charge in [-0.15, -0.1) is 0 Å². The molecule has 0 aromatic rings. The summed E-state index contributed by atoms with van der Waals surface area (Å²) in [5.74, 6) is 0.225. The SMILES string of the molecule is O=C1CCCCCN1.[Br-].[Li+]. The van der Waals surface area contributed by atoms with Gasteiger partial charge >= 0.3 is 18.9 Å². The van der Waals surface area contributed by atoms with Crippen molar-refractivity contribution in [1.82, 2.24) is 5.32 Å². The molecule has 1 amide bonds. The minimum absolute atomic E-state index is 0. The second-order valence-electron chi connectivity index (χ2n) is 2.16. The Labute approximate surface area is 84.1 Å². The van der Waals surface area contributed by atoms with Crippen molar-refractivity contribution < 1.29 is 40.6 Å². The summed E-state index contributed by atoms with van der Waals surface area (Å²) in [5, 5.41) is 2.81. The number of rotatable bonds is 0.